The molecule has 3 N–H and O–H groups in total. The number of hydrogen-bond acceptors (Lipinski definition) is 6. The molecule has 8 heteroatoms. The number of nitriles is 1. The highest BCUT2D eigenvalue weighted by atomic mass is 15.2. The summed E-state index contributed by atoms with van der Waals surface area (Å²) in [5, 5.41) is 16.7. The van der Waals surface area contributed by atoms with E-state index in [0.29, 0.717) is 33.9 Å². The number of nitrogens with two attached hydrogens (primary N) is 1. The molecule has 0 spiro atoms. The lowest BCUT2D eigenvalue weighted by molar-refractivity contribution is 1.04. The van der Waals surface area contributed by atoms with Crippen molar-refractivity contribution in [2.75, 3.05) is 5.73 Å². The minimum Gasteiger partial charge on any atom is -0.384 e. The number of fused-ring (bicyclic) bond motifs is 2. The van der Waals surface area contributed by atoms with Crippen LogP contribution in [0.4, 0.5) is 5.82 Å². The molecule has 0 aliphatic rings. The van der Waals surface area contributed by atoms with Gasteiger partial charge in [-0.2, -0.15) is 10.4 Å². The lowest BCUT2D eigenvalue weighted by Crippen LogP contribution is -2.02. The van der Waals surface area contributed by atoms with E-state index >= 15 is 0 Å². The second-order valence-electron chi connectivity index (χ2n) is 6.39. The highest BCUT2D eigenvalue weighted by Gasteiger charge is 2.20. The first-order chi connectivity index (χ1) is 13.7. The van der Waals surface area contributed by atoms with Crippen molar-refractivity contribution in [3.05, 3.63) is 59.9 Å². The van der Waals surface area contributed by atoms with Crippen LogP contribution in [0.15, 0.2) is 48.5 Å². The van der Waals surface area contributed by atoms with Crippen LogP contribution >= 0.6 is 0 Å². The van der Waals surface area contributed by atoms with Gasteiger partial charge in [-0.1, -0.05) is 24.3 Å². The summed E-state index contributed by atoms with van der Waals surface area (Å²) in [7, 11) is 0. The summed E-state index contributed by atoms with van der Waals surface area (Å²) in [5.41, 5.74) is 10.7. The molecule has 5 rings (SSSR count). The number of rotatable bonds is 2. The molecule has 0 saturated heterocycles. The molecule has 0 bridgehead atoms. The van der Waals surface area contributed by atoms with Crippen molar-refractivity contribution in [1.82, 2.24) is 29.7 Å². The molecule has 28 heavy (non-hydrogen) atoms. The molecule has 0 amide bonds. The van der Waals surface area contributed by atoms with E-state index in [9.17, 15) is 5.26 Å². The van der Waals surface area contributed by atoms with Crippen LogP contribution in [0, 0.1) is 18.3 Å². The van der Waals surface area contributed by atoms with Crippen LogP contribution in [0.3, 0.4) is 0 Å². The summed E-state index contributed by atoms with van der Waals surface area (Å²) >= 11 is 0. The van der Waals surface area contributed by atoms with E-state index in [1.54, 1.807) is 4.57 Å². The predicted molar refractivity (Wildman–Crippen MR) is 106 cm³/mol. The summed E-state index contributed by atoms with van der Waals surface area (Å²) in [6.07, 6.45) is 0. The van der Waals surface area contributed by atoms with Gasteiger partial charge in [0.2, 0.25) is 0 Å². The molecule has 5 aromatic rings. The van der Waals surface area contributed by atoms with Crippen molar-refractivity contribution in [3.63, 3.8) is 0 Å². The van der Waals surface area contributed by atoms with E-state index in [4.69, 9.17) is 10.7 Å². The van der Waals surface area contributed by atoms with Gasteiger partial charge in [-0.3, -0.25) is 9.67 Å². The zero-order valence-electron chi connectivity index (χ0n) is 14.9. The first kappa shape index (κ1) is 16.0. The molecule has 0 unspecified atom stereocenters. The molecule has 0 saturated carbocycles. The molecule has 3 heterocycles. The number of aromatic amines is 1. The molecular formula is C20H14N8. The van der Waals surface area contributed by atoms with Crippen LogP contribution in [-0.4, -0.2) is 29.7 Å². The Morgan fingerprint density at radius 1 is 1.04 bits per heavy atom. The third kappa shape index (κ3) is 2.30. The summed E-state index contributed by atoms with van der Waals surface area (Å²) in [6.45, 7) is 1.84. The molecular weight excluding hydrogens is 352 g/mol. The number of hydrogen-bond donors (Lipinski definition) is 2. The number of para-hydroxylation sites is 2. The predicted octanol–water partition coefficient (Wildman–Crippen LogP) is 3.12. The number of nitrogens with zero attached hydrogens (tertiary/aromatic N) is 6. The smallest absolute Gasteiger partial charge is 0.181 e. The summed E-state index contributed by atoms with van der Waals surface area (Å²) in [4.78, 5) is 13.7. The quantitative estimate of drug-likeness (QED) is 0.495. The van der Waals surface area contributed by atoms with Gasteiger partial charge in [0.15, 0.2) is 11.5 Å². The summed E-state index contributed by atoms with van der Waals surface area (Å²) in [6, 6.07) is 17.3. The van der Waals surface area contributed by atoms with Gasteiger partial charge < -0.3 is 5.73 Å². The molecule has 0 aliphatic heterocycles. The third-order valence-corrected chi connectivity index (χ3v) is 4.57. The van der Waals surface area contributed by atoms with E-state index in [-0.39, 0.29) is 0 Å². The van der Waals surface area contributed by atoms with Crippen molar-refractivity contribution < 1.29 is 0 Å². The SMILES string of the molecule is Cc1nc(-c2cccc(-n3c(N)c(C#N)c4nc5ccccc5nc43)c2)n[nH]1. The lowest BCUT2D eigenvalue weighted by Gasteiger charge is -2.08. The van der Waals surface area contributed by atoms with Gasteiger partial charge in [0, 0.05) is 11.3 Å². The van der Waals surface area contributed by atoms with E-state index < -0.39 is 0 Å². The maximum absolute atomic E-state index is 9.65. The Bertz CT molecular complexity index is 1400. The second kappa shape index (κ2) is 5.89. The Hall–Kier alpha value is -4.25. The Morgan fingerprint density at radius 2 is 1.82 bits per heavy atom. The van der Waals surface area contributed by atoms with Crippen LogP contribution in [0.5, 0.6) is 0 Å². The fourth-order valence-electron chi connectivity index (χ4n) is 3.29. The molecule has 0 fully saturated rings. The van der Waals surface area contributed by atoms with Crippen LogP contribution in [0.1, 0.15) is 11.4 Å². The molecule has 2 aromatic carbocycles. The first-order valence-electron chi connectivity index (χ1n) is 8.62. The number of H-pyrrole nitrogens is 1. The highest BCUT2D eigenvalue weighted by molar-refractivity contribution is 5.93. The van der Waals surface area contributed by atoms with Crippen molar-refractivity contribution >= 4 is 28.0 Å². The topological polar surface area (TPSA) is 122 Å². The van der Waals surface area contributed by atoms with Gasteiger partial charge in [-0.05, 0) is 31.2 Å². The molecule has 0 radical (unpaired) electrons. The van der Waals surface area contributed by atoms with E-state index in [0.717, 1.165) is 22.6 Å². The summed E-state index contributed by atoms with van der Waals surface area (Å²) < 4.78 is 1.75. The number of aromatic nitrogens is 6. The zero-order chi connectivity index (χ0) is 19.3. The van der Waals surface area contributed by atoms with Gasteiger partial charge in [-0.15, -0.1) is 0 Å². The van der Waals surface area contributed by atoms with E-state index in [2.05, 4.69) is 26.2 Å². The fourth-order valence-corrected chi connectivity index (χ4v) is 3.29. The Balaban J connectivity index is 1.80. The van der Waals surface area contributed by atoms with Gasteiger partial charge in [-0.25, -0.2) is 15.0 Å². The number of anilines is 1. The van der Waals surface area contributed by atoms with E-state index in [1.807, 2.05) is 55.5 Å². The normalized spacial score (nSPS) is 11.1. The molecule has 3 aromatic heterocycles. The number of aryl methyl sites for hydroxylation is 1. The van der Waals surface area contributed by atoms with Crippen molar-refractivity contribution in [1.29, 1.82) is 5.26 Å². The third-order valence-electron chi connectivity index (χ3n) is 4.57. The van der Waals surface area contributed by atoms with Gasteiger partial charge in [0.1, 0.15) is 28.8 Å². The second-order valence-corrected chi connectivity index (χ2v) is 6.39. The molecule has 0 aliphatic carbocycles. The average molecular weight is 366 g/mol. The summed E-state index contributed by atoms with van der Waals surface area (Å²) in [5.74, 6) is 1.62. The number of nitrogens with one attached hydrogen (secondary N) is 1. The van der Waals surface area contributed by atoms with Gasteiger partial charge in [0.25, 0.3) is 0 Å². The van der Waals surface area contributed by atoms with E-state index in [1.165, 1.54) is 0 Å². The largest absolute Gasteiger partial charge is 0.384 e. The average Bonchev–Trinajstić information content (AvgIpc) is 3.26. The number of benzene rings is 2. The standard InChI is InChI=1S/C20H14N8/c1-11-23-19(27-26-11)12-5-4-6-13(9-12)28-18(22)14(10-21)17-20(28)25-16-8-3-2-7-15(16)24-17/h2-9H,22H2,1H3,(H,23,26,27). The van der Waals surface area contributed by atoms with Gasteiger partial charge in [0.05, 0.1) is 11.0 Å². The van der Waals surface area contributed by atoms with Crippen molar-refractivity contribution in [2.24, 2.45) is 0 Å². The Kier molecular flexibility index (Phi) is 3.36. The monoisotopic (exact) mass is 366 g/mol. The minimum absolute atomic E-state index is 0.302. The van der Waals surface area contributed by atoms with Crippen molar-refractivity contribution in [2.45, 2.75) is 6.92 Å². The maximum Gasteiger partial charge on any atom is 0.181 e. The molecule has 8 nitrogen and oxygen atoms in total. The van der Waals surface area contributed by atoms with Gasteiger partial charge >= 0.3 is 0 Å². The minimum atomic E-state index is 0.302. The van der Waals surface area contributed by atoms with Crippen LogP contribution in [-0.2, 0) is 0 Å². The maximum atomic E-state index is 9.65. The lowest BCUT2D eigenvalue weighted by atomic mass is 10.2. The molecule has 134 valence electrons. The first-order valence-corrected chi connectivity index (χ1v) is 8.62. The van der Waals surface area contributed by atoms with Crippen LogP contribution < -0.4 is 5.73 Å². The Morgan fingerprint density at radius 3 is 2.54 bits per heavy atom. The highest BCUT2D eigenvalue weighted by Crippen LogP contribution is 2.31. The Labute approximate surface area is 159 Å². The fraction of sp³-hybridized carbons (Fsp3) is 0.0500. The van der Waals surface area contributed by atoms with Crippen LogP contribution in [0.25, 0.3) is 39.3 Å². The van der Waals surface area contributed by atoms with Crippen LogP contribution in [0.2, 0.25) is 0 Å². The molecule has 0 atom stereocenters. The van der Waals surface area contributed by atoms with Crippen molar-refractivity contribution in [3.8, 4) is 23.1 Å². The zero-order valence-corrected chi connectivity index (χ0v) is 14.9. The number of nitrogen functional groups attached to an aromatic ring is 1.